The fourth-order valence-corrected chi connectivity index (χ4v) is 1.77. The zero-order chi connectivity index (χ0) is 13.7. The topological polar surface area (TPSA) is 51.2 Å². The number of nitrogens with zero attached hydrogens (tertiary/aromatic N) is 1. The van der Waals surface area contributed by atoms with Crippen LogP contribution in [0.5, 0.6) is 0 Å². The molecule has 1 aromatic carbocycles. The molecule has 0 aliphatic rings. The lowest BCUT2D eigenvalue weighted by Crippen LogP contribution is -2.08. The molecular formula is C14H13ClN2O2. The highest BCUT2D eigenvalue weighted by Gasteiger charge is 2.13. The summed E-state index contributed by atoms with van der Waals surface area (Å²) in [5, 5.41) is 3.69. The van der Waals surface area contributed by atoms with Crippen molar-refractivity contribution in [1.29, 1.82) is 0 Å². The third kappa shape index (κ3) is 3.23. The van der Waals surface area contributed by atoms with Gasteiger partial charge in [-0.1, -0.05) is 23.7 Å². The van der Waals surface area contributed by atoms with Crippen molar-refractivity contribution in [2.45, 2.75) is 6.92 Å². The Labute approximate surface area is 116 Å². The van der Waals surface area contributed by atoms with Crippen LogP contribution < -0.4 is 5.32 Å². The van der Waals surface area contributed by atoms with E-state index < -0.39 is 5.97 Å². The summed E-state index contributed by atoms with van der Waals surface area (Å²) < 4.78 is 4.98. The smallest absolute Gasteiger partial charge is 0.341 e. The van der Waals surface area contributed by atoms with Crippen LogP contribution in [0.2, 0.25) is 5.02 Å². The number of hydrogen-bond acceptors (Lipinski definition) is 4. The largest absolute Gasteiger partial charge is 0.462 e. The number of anilines is 2. The Balaban J connectivity index is 2.30. The first kappa shape index (κ1) is 13.4. The molecule has 19 heavy (non-hydrogen) atoms. The van der Waals surface area contributed by atoms with Crippen LogP contribution in [0.15, 0.2) is 42.7 Å². The van der Waals surface area contributed by atoms with Crippen molar-refractivity contribution < 1.29 is 9.53 Å². The fourth-order valence-electron chi connectivity index (χ4n) is 1.58. The fraction of sp³-hybridized carbons (Fsp3) is 0.143. The molecule has 1 aromatic heterocycles. The predicted octanol–water partition coefficient (Wildman–Crippen LogP) is 3.66. The normalized spacial score (nSPS) is 10.0. The molecule has 0 bridgehead atoms. The highest BCUT2D eigenvalue weighted by atomic mass is 35.5. The predicted molar refractivity (Wildman–Crippen MR) is 74.9 cm³/mol. The zero-order valence-corrected chi connectivity index (χ0v) is 11.1. The van der Waals surface area contributed by atoms with Crippen molar-refractivity contribution in [2.75, 3.05) is 11.9 Å². The van der Waals surface area contributed by atoms with Gasteiger partial charge in [0.15, 0.2) is 0 Å². The Morgan fingerprint density at radius 2 is 2.11 bits per heavy atom. The van der Waals surface area contributed by atoms with Crippen molar-refractivity contribution in [2.24, 2.45) is 0 Å². The standard InChI is InChI=1S/C14H13ClN2O2/c1-2-19-14(18)10-9-16-8-7-12(10)17-13-6-4-3-5-11(13)15/h3-9H,2H2,1H3,(H,16,17). The lowest BCUT2D eigenvalue weighted by Gasteiger charge is -2.11. The van der Waals surface area contributed by atoms with Gasteiger partial charge in [-0.2, -0.15) is 0 Å². The Hall–Kier alpha value is -2.07. The second-order valence-electron chi connectivity index (χ2n) is 3.75. The summed E-state index contributed by atoms with van der Waals surface area (Å²) in [4.78, 5) is 15.7. The number of benzene rings is 1. The number of hydrogen-bond donors (Lipinski definition) is 1. The average molecular weight is 277 g/mol. The van der Waals surface area contributed by atoms with Gasteiger partial charge in [0.2, 0.25) is 0 Å². The Morgan fingerprint density at radius 1 is 1.32 bits per heavy atom. The van der Waals surface area contributed by atoms with E-state index in [-0.39, 0.29) is 0 Å². The summed E-state index contributed by atoms with van der Waals surface area (Å²) in [5.74, 6) is -0.412. The zero-order valence-electron chi connectivity index (χ0n) is 10.4. The summed E-state index contributed by atoms with van der Waals surface area (Å²) in [7, 11) is 0. The molecule has 0 spiro atoms. The number of carbonyl (C=O) groups is 1. The Kier molecular flexibility index (Phi) is 4.36. The first-order valence-corrected chi connectivity index (χ1v) is 6.23. The minimum absolute atomic E-state index is 0.319. The summed E-state index contributed by atoms with van der Waals surface area (Å²) in [5.41, 5.74) is 1.71. The minimum atomic E-state index is -0.412. The molecule has 4 nitrogen and oxygen atoms in total. The number of nitrogens with one attached hydrogen (secondary N) is 1. The number of esters is 1. The number of halogens is 1. The molecule has 2 aromatic rings. The van der Waals surface area contributed by atoms with Gasteiger partial charge < -0.3 is 10.1 Å². The second kappa shape index (κ2) is 6.20. The molecule has 98 valence electrons. The van der Waals surface area contributed by atoms with E-state index in [1.54, 1.807) is 25.3 Å². The van der Waals surface area contributed by atoms with Crippen molar-refractivity contribution in [3.05, 3.63) is 53.3 Å². The average Bonchev–Trinajstić information content (AvgIpc) is 2.42. The van der Waals surface area contributed by atoms with Crippen molar-refractivity contribution in [3.8, 4) is 0 Å². The molecule has 0 aliphatic heterocycles. The molecule has 1 heterocycles. The number of aromatic nitrogens is 1. The van der Waals surface area contributed by atoms with Gasteiger partial charge in [0.05, 0.1) is 23.0 Å². The molecule has 0 atom stereocenters. The van der Waals surface area contributed by atoms with Crippen LogP contribution in [-0.4, -0.2) is 17.6 Å². The van der Waals surface area contributed by atoms with Gasteiger partial charge in [-0.25, -0.2) is 4.79 Å². The molecule has 0 saturated heterocycles. The first-order chi connectivity index (χ1) is 9.22. The third-order valence-corrected chi connectivity index (χ3v) is 2.79. The van der Waals surface area contributed by atoms with Crippen LogP contribution in [0, 0.1) is 0 Å². The third-order valence-electron chi connectivity index (χ3n) is 2.46. The Morgan fingerprint density at radius 3 is 2.84 bits per heavy atom. The monoisotopic (exact) mass is 276 g/mol. The molecule has 0 unspecified atom stereocenters. The van der Waals surface area contributed by atoms with Gasteiger partial charge in [-0.15, -0.1) is 0 Å². The van der Waals surface area contributed by atoms with Crippen LogP contribution in [0.3, 0.4) is 0 Å². The Bertz CT molecular complexity index is 587. The van der Waals surface area contributed by atoms with E-state index in [0.29, 0.717) is 22.9 Å². The SMILES string of the molecule is CCOC(=O)c1cnccc1Nc1ccccc1Cl. The molecular weight excluding hydrogens is 264 g/mol. The maximum Gasteiger partial charge on any atom is 0.341 e. The molecule has 0 radical (unpaired) electrons. The number of para-hydroxylation sites is 1. The molecule has 2 rings (SSSR count). The molecule has 5 heteroatoms. The number of ether oxygens (including phenoxy) is 1. The first-order valence-electron chi connectivity index (χ1n) is 5.85. The van der Waals surface area contributed by atoms with E-state index >= 15 is 0 Å². The van der Waals surface area contributed by atoms with Gasteiger partial charge >= 0.3 is 5.97 Å². The molecule has 1 N–H and O–H groups in total. The van der Waals surface area contributed by atoms with Gasteiger partial charge in [0, 0.05) is 12.4 Å². The number of carbonyl (C=O) groups excluding carboxylic acids is 1. The van der Waals surface area contributed by atoms with Crippen LogP contribution in [0.25, 0.3) is 0 Å². The summed E-state index contributed by atoms with van der Waals surface area (Å²) in [6, 6.07) is 9.01. The molecule has 0 aliphatic carbocycles. The number of pyridine rings is 1. The lowest BCUT2D eigenvalue weighted by atomic mass is 10.2. The van der Waals surface area contributed by atoms with Gasteiger partial charge in [-0.3, -0.25) is 4.98 Å². The highest BCUT2D eigenvalue weighted by molar-refractivity contribution is 6.33. The van der Waals surface area contributed by atoms with Crippen LogP contribution in [0.1, 0.15) is 17.3 Å². The highest BCUT2D eigenvalue weighted by Crippen LogP contribution is 2.26. The van der Waals surface area contributed by atoms with E-state index in [1.165, 1.54) is 6.20 Å². The van der Waals surface area contributed by atoms with Crippen molar-refractivity contribution in [3.63, 3.8) is 0 Å². The molecule has 0 saturated carbocycles. The lowest BCUT2D eigenvalue weighted by molar-refractivity contribution is 0.0527. The summed E-state index contributed by atoms with van der Waals surface area (Å²) >= 11 is 6.07. The van der Waals surface area contributed by atoms with E-state index in [0.717, 1.165) is 5.69 Å². The minimum Gasteiger partial charge on any atom is -0.462 e. The van der Waals surface area contributed by atoms with Gasteiger partial charge in [0.1, 0.15) is 5.56 Å². The van der Waals surface area contributed by atoms with Gasteiger partial charge in [-0.05, 0) is 25.1 Å². The maximum atomic E-state index is 11.8. The van der Waals surface area contributed by atoms with Crippen LogP contribution in [0.4, 0.5) is 11.4 Å². The number of rotatable bonds is 4. The van der Waals surface area contributed by atoms with Crippen molar-refractivity contribution >= 4 is 28.9 Å². The summed E-state index contributed by atoms with van der Waals surface area (Å²) in [6.07, 6.45) is 3.07. The van der Waals surface area contributed by atoms with E-state index in [4.69, 9.17) is 16.3 Å². The molecule has 0 amide bonds. The van der Waals surface area contributed by atoms with E-state index in [1.807, 2.05) is 18.2 Å². The van der Waals surface area contributed by atoms with E-state index in [2.05, 4.69) is 10.3 Å². The quantitative estimate of drug-likeness (QED) is 0.866. The van der Waals surface area contributed by atoms with Crippen LogP contribution >= 0.6 is 11.6 Å². The van der Waals surface area contributed by atoms with Crippen LogP contribution in [-0.2, 0) is 4.74 Å². The van der Waals surface area contributed by atoms with Crippen molar-refractivity contribution in [1.82, 2.24) is 4.98 Å². The summed E-state index contributed by atoms with van der Waals surface area (Å²) in [6.45, 7) is 2.08. The second-order valence-corrected chi connectivity index (χ2v) is 4.15. The van der Waals surface area contributed by atoms with E-state index in [9.17, 15) is 4.79 Å². The maximum absolute atomic E-state index is 11.8. The molecule has 0 fully saturated rings. The van der Waals surface area contributed by atoms with Gasteiger partial charge in [0.25, 0.3) is 0 Å².